The fourth-order valence-electron chi connectivity index (χ4n) is 1.37. The largest absolute Gasteiger partial charge is 0.354 e. The van der Waals surface area contributed by atoms with Gasteiger partial charge in [0.15, 0.2) is 6.29 Å². The lowest BCUT2D eigenvalue weighted by molar-refractivity contribution is -0.111. The molecule has 0 saturated heterocycles. The second-order valence-corrected chi connectivity index (χ2v) is 3.64. The molecule has 0 spiro atoms. The van der Waals surface area contributed by atoms with E-state index in [1.54, 1.807) is 35.7 Å². The Morgan fingerprint density at radius 3 is 2.27 bits per heavy atom. The van der Waals surface area contributed by atoms with Crippen LogP contribution in [0.2, 0.25) is 0 Å². The lowest BCUT2D eigenvalue weighted by atomic mass is 10.4. The van der Waals surface area contributed by atoms with E-state index < -0.39 is 0 Å². The highest BCUT2D eigenvalue weighted by atomic mass is 16.7. The molecule has 1 aromatic heterocycles. The van der Waals surface area contributed by atoms with Gasteiger partial charge in [-0.25, -0.2) is 4.79 Å². The summed E-state index contributed by atoms with van der Waals surface area (Å²) in [7, 11) is 3.11. The molecule has 0 bridgehead atoms. The van der Waals surface area contributed by atoms with Crippen LogP contribution in [0.3, 0.4) is 0 Å². The fourth-order valence-corrected chi connectivity index (χ4v) is 1.37. The van der Waals surface area contributed by atoms with Crippen LogP contribution in [0.1, 0.15) is 19.9 Å². The third kappa shape index (κ3) is 2.70. The van der Waals surface area contributed by atoms with E-state index in [1.807, 2.05) is 13.8 Å². The van der Waals surface area contributed by atoms with Gasteiger partial charge in [0, 0.05) is 32.7 Å². The van der Waals surface area contributed by atoms with Crippen molar-refractivity contribution in [3.8, 4) is 0 Å². The highest BCUT2D eigenvalue weighted by Gasteiger charge is 2.11. The third-order valence-electron chi connectivity index (χ3n) is 2.30. The van der Waals surface area contributed by atoms with Gasteiger partial charge in [-0.15, -0.1) is 0 Å². The van der Waals surface area contributed by atoms with Crippen LogP contribution < -0.4 is 5.69 Å². The van der Waals surface area contributed by atoms with Crippen LogP contribution in [0, 0.1) is 0 Å². The van der Waals surface area contributed by atoms with E-state index in [0.29, 0.717) is 6.54 Å². The summed E-state index contributed by atoms with van der Waals surface area (Å²) in [6.45, 7) is 4.34. The highest BCUT2D eigenvalue weighted by Crippen LogP contribution is 2.01. The van der Waals surface area contributed by atoms with Gasteiger partial charge in [-0.05, 0) is 13.8 Å². The van der Waals surface area contributed by atoms with Gasteiger partial charge in [0.25, 0.3) is 0 Å². The van der Waals surface area contributed by atoms with E-state index in [9.17, 15) is 4.79 Å². The van der Waals surface area contributed by atoms with Crippen LogP contribution in [0.5, 0.6) is 0 Å². The monoisotopic (exact) mass is 214 g/mol. The highest BCUT2D eigenvalue weighted by molar-refractivity contribution is 4.83. The van der Waals surface area contributed by atoms with E-state index in [2.05, 4.69) is 0 Å². The first kappa shape index (κ1) is 12.0. The number of hydrogen-bond donors (Lipinski definition) is 0. The zero-order chi connectivity index (χ0) is 11.4. The third-order valence-corrected chi connectivity index (χ3v) is 2.30. The molecule has 1 rings (SSSR count). The summed E-state index contributed by atoms with van der Waals surface area (Å²) < 4.78 is 13.3. The standard InChI is InChI=1S/C10H18N2O3/c1-8(2)12-6-5-11(10(12)13)7-9(14-3)15-4/h5-6,8-9H,7H2,1-4H3. The molecule has 5 nitrogen and oxygen atoms in total. The van der Waals surface area contributed by atoms with Gasteiger partial charge in [-0.2, -0.15) is 0 Å². The number of rotatable bonds is 5. The molecule has 0 atom stereocenters. The van der Waals surface area contributed by atoms with Crippen molar-refractivity contribution in [2.45, 2.75) is 32.7 Å². The summed E-state index contributed by atoms with van der Waals surface area (Å²) in [5.74, 6) is 0. The molecular formula is C10H18N2O3. The van der Waals surface area contributed by atoms with Crippen molar-refractivity contribution in [2.24, 2.45) is 0 Å². The number of aromatic nitrogens is 2. The second-order valence-electron chi connectivity index (χ2n) is 3.64. The average molecular weight is 214 g/mol. The van der Waals surface area contributed by atoms with Crippen molar-refractivity contribution >= 4 is 0 Å². The lowest BCUT2D eigenvalue weighted by Crippen LogP contribution is -2.30. The van der Waals surface area contributed by atoms with Crippen LogP contribution in [0.4, 0.5) is 0 Å². The number of methoxy groups -OCH3 is 2. The van der Waals surface area contributed by atoms with Crippen molar-refractivity contribution in [1.29, 1.82) is 0 Å². The Kier molecular flexibility index (Phi) is 4.11. The lowest BCUT2D eigenvalue weighted by Gasteiger charge is -2.13. The summed E-state index contributed by atoms with van der Waals surface area (Å²) in [6.07, 6.45) is 3.13. The summed E-state index contributed by atoms with van der Waals surface area (Å²) in [6, 6.07) is 0.169. The molecule has 0 aliphatic rings. The molecule has 0 radical (unpaired) electrons. The predicted octanol–water partition coefficient (Wildman–Crippen LogP) is 0.850. The molecule has 0 fully saturated rings. The Hall–Kier alpha value is -1.07. The first-order valence-electron chi connectivity index (χ1n) is 4.93. The Balaban J connectivity index is 2.83. The van der Waals surface area contributed by atoms with E-state index in [0.717, 1.165) is 0 Å². The average Bonchev–Trinajstić information content (AvgIpc) is 2.56. The van der Waals surface area contributed by atoms with Crippen LogP contribution >= 0.6 is 0 Å². The summed E-state index contributed by atoms with van der Waals surface area (Å²) in [5.41, 5.74) is -0.0379. The minimum absolute atomic E-state index is 0.0379. The summed E-state index contributed by atoms with van der Waals surface area (Å²) >= 11 is 0. The molecule has 0 aliphatic heterocycles. The molecule has 1 heterocycles. The molecule has 5 heteroatoms. The number of imidazole rings is 1. The van der Waals surface area contributed by atoms with E-state index in [-0.39, 0.29) is 18.0 Å². The minimum atomic E-state index is -0.384. The summed E-state index contributed by atoms with van der Waals surface area (Å²) in [5, 5.41) is 0. The molecule has 0 N–H and O–H groups in total. The maximum Gasteiger partial charge on any atom is 0.328 e. The van der Waals surface area contributed by atoms with E-state index >= 15 is 0 Å². The molecule has 0 saturated carbocycles. The molecular weight excluding hydrogens is 196 g/mol. The first-order valence-corrected chi connectivity index (χ1v) is 4.93. The van der Waals surface area contributed by atoms with Gasteiger partial charge in [-0.3, -0.25) is 9.13 Å². The smallest absolute Gasteiger partial charge is 0.328 e. The molecule has 0 amide bonds. The number of nitrogens with zero attached hydrogens (tertiary/aromatic N) is 2. The zero-order valence-electron chi connectivity index (χ0n) is 9.64. The predicted molar refractivity (Wildman–Crippen MR) is 56.9 cm³/mol. The zero-order valence-corrected chi connectivity index (χ0v) is 9.64. The van der Waals surface area contributed by atoms with E-state index in [1.165, 1.54) is 0 Å². The van der Waals surface area contributed by atoms with Gasteiger partial charge in [-0.1, -0.05) is 0 Å². The molecule has 0 aliphatic carbocycles. The van der Waals surface area contributed by atoms with Gasteiger partial charge in [0.1, 0.15) is 0 Å². The molecule has 0 unspecified atom stereocenters. The topological polar surface area (TPSA) is 45.4 Å². The van der Waals surface area contributed by atoms with Crippen molar-refractivity contribution in [2.75, 3.05) is 14.2 Å². The maximum absolute atomic E-state index is 11.8. The van der Waals surface area contributed by atoms with Gasteiger partial charge < -0.3 is 9.47 Å². The second kappa shape index (κ2) is 5.14. The Bertz CT molecular complexity index is 350. The van der Waals surface area contributed by atoms with Crippen molar-refractivity contribution in [3.63, 3.8) is 0 Å². The van der Waals surface area contributed by atoms with Crippen LogP contribution in [-0.4, -0.2) is 29.6 Å². The first-order chi connectivity index (χ1) is 7.10. The van der Waals surface area contributed by atoms with Crippen LogP contribution in [-0.2, 0) is 16.0 Å². The Morgan fingerprint density at radius 1 is 1.27 bits per heavy atom. The maximum atomic E-state index is 11.8. The van der Waals surface area contributed by atoms with Gasteiger partial charge in [0.05, 0.1) is 6.54 Å². The molecule has 0 aromatic carbocycles. The van der Waals surface area contributed by atoms with Gasteiger partial charge in [0.2, 0.25) is 0 Å². The number of ether oxygens (including phenoxy) is 2. The molecule has 1 aromatic rings. The SMILES string of the molecule is COC(Cn1ccn(C(C)C)c1=O)OC. The van der Waals surface area contributed by atoms with Crippen LogP contribution in [0.15, 0.2) is 17.2 Å². The molecule has 86 valence electrons. The van der Waals surface area contributed by atoms with Crippen molar-refractivity contribution in [1.82, 2.24) is 9.13 Å². The normalized spacial score (nSPS) is 11.6. The Labute approximate surface area is 89.2 Å². The van der Waals surface area contributed by atoms with Crippen molar-refractivity contribution < 1.29 is 9.47 Å². The van der Waals surface area contributed by atoms with Crippen molar-refractivity contribution in [3.05, 3.63) is 22.9 Å². The summed E-state index contributed by atoms with van der Waals surface area (Å²) in [4.78, 5) is 11.8. The fraction of sp³-hybridized carbons (Fsp3) is 0.700. The minimum Gasteiger partial charge on any atom is -0.354 e. The van der Waals surface area contributed by atoms with Crippen LogP contribution in [0.25, 0.3) is 0 Å². The van der Waals surface area contributed by atoms with E-state index in [4.69, 9.17) is 9.47 Å². The molecule has 15 heavy (non-hydrogen) atoms. The quantitative estimate of drug-likeness (QED) is 0.683. The van der Waals surface area contributed by atoms with Gasteiger partial charge >= 0.3 is 5.69 Å². The Morgan fingerprint density at radius 2 is 1.87 bits per heavy atom. The number of hydrogen-bond acceptors (Lipinski definition) is 3.